The number of anilines is 1. The van der Waals surface area contributed by atoms with Crippen LogP contribution < -0.4 is 9.79 Å². The first-order valence-corrected chi connectivity index (χ1v) is 9.03. The first-order chi connectivity index (χ1) is 12.8. The molecule has 0 saturated heterocycles. The van der Waals surface area contributed by atoms with Gasteiger partial charge in [-0.2, -0.15) is 0 Å². The van der Waals surface area contributed by atoms with Crippen molar-refractivity contribution in [2.24, 2.45) is 0 Å². The summed E-state index contributed by atoms with van der Waals surface area (Å²) in [4.78, 5) is 17.1. The summed E-state index contributed by atoms with van der Waals surface area (Å²) in [6.45, 7) is 0. The number of amides is 1. The molecular formula is C20H17N3O2S. The van der Waals surface area contributed by atoms with Crippen LogP contribution in [-0.4, -0.2) is 16.1 Å². The van der Waals surface area contributed by atoms with E-state index in [2.05, 4.69) is 21.4 Å². The molecule has 2 aromatic carbocycles. The van der Waals surface area contributed by atoms with Gasteiger partial charge in [0.15, 0.2) is 0 Å². The molecule has 26 heavy (non-hydrogen) atoms. The van der Waals surface area contributed by atoms with Crippen molar-refractivity contribution in [3.8, 4) is 11.1 Å². The molecule has 0 saturated carbocycles. The predicted octanol–water partition coefficient (Wildman–Crippen LogP) is 4.21. The van der Waals surface area contributed by atoms with Gasteiger partial charge in [-0.1, -0.05) is 36.4 Å². The van der Waals surface area contributed by atoms with E-state index < -0.39 is 5.91 Å². The van der Waals surface area contributed by atoms with Crippen molar-refractivity contribution in [2.75, 3.05) is 4.31 Å². The van der Waals surface area contributed by atoms with Gasteiger partial charge in [0, 0.05) is 23.0 Å². The molecule has 0 spiro atoms. The average Bonchev–Trinajstić information content (AvgIpc) is 3.07. The smallest absolute Gasteiger partial charge is 0.245 e. The number of carbonyl (C=O) groups excluding carboxylic acids is 1. The molecule has 1 aromatic heterocycles. The maximum Gasteiger partial charge on any atom is 0.245 e. The number of aromatic nitrogens is 1. The van der Waals surface area contributed by atoms with Crippen molar-refractivity contribution in [3.63, 3.8) is 0 Å². The topological polar surface area (TPSA) is 65.5 Å². The lowest BCUT2D eigenvalue weighted by Crippen LogP contribution is -2.26. The minimum atomic E-state index is -0.399. The van der Waals surface area contributed by atoms with E-state index in [1.165, 1.54) is 0 Å². The zero-order chi connectivity index (χ0) is 17.9. The Bertz CT molecular complexity index is 916. The summed E-state index contributed by atoms with van der Waals surface area (Å²) in [5.41, 5.74) is 6.00. The van der Waals surface area contributed by atoms with E-state index >= 15 is 0 Å². The second kappa shape index (κ2) is 7.19. The van der Waals surface area contributed by atoms with Crippen LogP contribution in [0.25, 0.3) is 11.1 Å². The molecule has 4 rings (SSSR count). The van der Waals surface area contributed by atoms with Crippen molar-refractivity contribution < 1.29 is 10.0 Å². The summed E-state index contributed by atoms with van der Waals surface area (Å²) >= 11 is 1.61. The SMILES string of the molecule is O=C(CC1c2ccccc2SN1c1ccc(-c2cccnc2)cc1)NO. The van der Waals surface area contributed by atoms with Gasteiger partial charge in [0.25, 0.3) is 0 Å². The Kier molecular flexibility index (Phi) is 4.60. The first-order valence-electron chi connectivity index (χ1n) is 8.26. The number of pyridine rings is 1. The summed E-state index contributed by atoms with van der Waals surface area (Å²) in [7, 11) is 0. The molecule has 1 amide bonds. The van der Waals surface area contributed by atoms with Crippen LogP contribution in [0.5, 0.6) is 0 Å². The lowest BCUT2D eigenvalue weighted by Gasteiger charge is -2.25. The molecule has 3 aromatic rings. The van der Waals surface area contributed by atoms with Crippen molar-refractivity contribution in [1.82, 2.24) is 10.5 Å². The molecule has 1 unspecified atom stereocenters. The summed E-state index contributed by atoms with van der Waals surface area (Å²) in [6, 6.07) is 20.1. The van der Waals surface area contributed by atoms with Crippen LogP contribution in [0.4, 0.5) is 5.69 Å². The molecule has 2 heterocycles. The second-order valence-electron chi connectivity index (χ2n) is 6.00. The van der Waals surface area contributed by atoms with Gasteiger partial charge in [0.2, 0.25) is 5.91 Å². The average molecular weight is 363 g/mol. The van der Waals surface area contributed by atoms with E-state index in [1.54, 1.807) is 23.6 Å². The van der Waals surface area contributed by atoms with Gasteiger partial charge in [-0.15, -0.1) is 0 Å². The lowest BCUT2D eigenvalue weighted by atomic mass is 10.0. The van der Waals surface area contributed by atoms with E-state index in [4.69, 9.17) is 5.21 Å². The van der Waals surface area contributed by atoms with Gasteiger partial charge in [0.1, 0.15) is 0 Å². The normalized spacial score (nSPS) is 15.6. The molecule has 0 aliphatic carbocycles. The lowest BCUT2D eigenvalue weighted by molar-refractivity contribution is -0.129. The second-order valence-corrected chi connectivity index (χ2v) is 7.01. The molecular weight excluding hydrogens is 346 g/mol. The number of hydroxylamine groups is 1. The highest BCUT2D eigenvalue weighted by atomic mass is 32.2. The maximum absolute atomic E-state index is 11.8. The molecule has 0 radical (unpaired) electrons. The third-order valence-electron chi connectivity index (χ3n) is 4.38. The number of hydrogen-bond donors (Lipinski definition) is 2. The molecule has 1 aliphatic heterocycles. The van der Waals surface area contributed by atoms with Crippen molar-refractivity contribution in [3.05, 3.63) is 78.6 Å². The molecule has 0 bridgehead atoms. The zero-order valence-electron chi connectivity index (χ0n) is 13.9. The van der Waals surface area contributed by atoms with Crippen LogP contribution >= 0.6 is 11.9 Å². The summed E-state index contributed by atoms with van der Waals surface area (Å²) < 4.78 is 2.12. The maximum atomic E-state index is 11.8. The predicted molar refractivity (Wildman–Crippen MR) is 102 cm³/mol. The minimum Gasteiger partial charge on any atom is -0.304 e. The Morgan fingerprint density at radius 3 is 2.62 bits per heavy atom. The largest absolute Gasteiger partial charge is 0.304 e. The highest BCUT2D eigenvalue weighted by Crippen LogP contribution is 2.48. The quantitative estimate of drug-likeness (QED) is 0.413. The van der Waals surface area contributed by atoms with Crippen molar-refractivity contribution in [1.29, 1.82) is 0 Å². The third-order valence-corrected chi connectivity index (χ3v) is 5.61. The van der Waals surface area contributed by atoms with Gasteiger partial charge in [0.05, 0.1) is 12.5 Å². The zero-order valence-corrected chi connectivity index (χ0v) is 14.7. The molecule has 130 valence electrons. The Morgan fingerprint density at radius 2 is 1.88 bits per heavy atom. The molecule has 1 aliphatic rings. The van der Waals surface area contributed by atoms with Crippen LogP contribution in [0, 0.1) is 0 Å². The third kappa shape index (κ3) is 3.16. The molecule has 2 N–H and O–H groups in total. The number of carbonyl (C=O) groups is 1. The van der Waals surface area contributed by atoms with E-state index in [9.17, 15) is 4.79 Å². The summed E-state index contributed by atoms with van der Waals surface area (Å²) in [6.07, 6.45) is 3.78. The monoisotopic (exact) mass is 363 g/mol. The Balaban J connectivity index is 1.64. The molecule has 1 atom stereocenters. The van der Waals surface area contributed by atoms with Crippen LogP contribution in [-0.2, 0) is 4.79 Å². The van der Waals surface area contributed by atoms with Gasteiger partial charge in [-0.25, -0.2) is 5.48 Å². The summed E-state index contributed by atoms with van der Waals surface area (Å²) in [5.74, 6) is -0.399. The standard InChI is InChI=1S/C20H17N3O2S/c24-20(22-25)12-18-17-5-1-2-6-19(17)26-23(18)16-9-7-14(8-10-16)15-4-3-11-21-13-15/h1-11,13,18,25H,12H2,(H,22,24). The first kappa shape index (κ1) is 16.6. The molecule has 6 heteroatoms. The number of fused-ring (bicyclic) bond motifs is 1. The number of benzene rings is 2. The Hall–Kier alpha value is -2.83. The van der Waals surface area contributed by atoms with E-state index in [1.807, 2.05) is 54.7 Å². The van der Waals surface area contributed by atoms with E-state index in [0.717, 1.165) is 27.3 Å². The van der Waals surface area contributed by atoms with Crippen LogP contribution in [0.1, 0.15) is 18.0 Å². The van der Waals surface area contributed by atoms with Gasteiger partial charge in [-0.3, -0.25) is 15.0 Å². The fraction of sp³-hybridized carbons (Fsp3) is 0.100. The number of rotatable bonds is 4. The van der Waals surface area contributed by atoms with Gasteiger partial charge in [-0.05, 0) is 52.9 Å². The van der Waals surface area contributed by atoms with Gasteiger partial charge >= 0.3 is 0 Å². The molecule has 0 fully saturated rings. The highest BCUT2D eigenvalue weighted by molar-refractivity contribution is 8.01. The minimum absolute atomic E-state index is 0.132. The molecule has 5 nitrogen and oxygen atoms in total. The van der Waals surface area contributed by atoms with Crippen molar-refractivity contribution in [2.45, 2.75) is 17.4 Å². The van der Waals surface area contributed by atoms with Crippen LogP contribution in [0.15, 0.2) is 78.0 Å². The number of nitrogens with zero attached hydrogens (tertiary/aromatic N) is 2. The number of nitrogens with one attached hydrogen (secondary N) is 1. The Morgan fingerprint density at radius 1 is 1.08 bits per heavy atom. The van der Waals surface area contributed by atoms with E-state index in [0.29, 0.717) is 0 Å². The van der Waals surface area contributed by atoms with Crippen LogP contribution in [0.2, 0.25) is 0 Å². The van der Waals surface area contributed by atoms with Gasteiger partial charge < -0.3 is 4.31 Å². The number of hydrogen-bond acceptors (Lipinski definition) is 5. The fourth-order valence-corrected chi connectivity index (χ4v) is 4.32. The highest BCUT2D eigenvalue weighted by Gasteiger charge is 2.33. The van der Waals surface area contributed by atoms with Crippen molar-refractivity contribution >= 4 is 23.5 Å². The van der Waals surface area contributed by atoms with E-state index in [-0.39, 0.29) is 12.5 Å². The Labute approximate surface area is 155 Å². The van der Waals surface area contributed by atoms with Crippen LogP contribution in [0.3, 0.4) is 0 Å². The fourth-order valence-electron chi connectivity index (χ4n) is 3.12. The summed E-state index contributed by atoms with van der Waals surface area (Å²) in [5, 5.41) is 8.93.